The van der Waals surface area contributed by atoms with Gasteiger partial charge in [-0.2, -0.15) is 0 Å². The molecule has 5 nitrogen and oxygen atoms in total. The summed E-state index contributed by atoms with van der Waals surface area (Å²) in [4.78, 5) is 12.7. The molecule has 0 atom stereocenters. The summed E-state index contributed by atoms with van der Waals surface area (Å²) in [5.41, 5.74) is 1.13. The fourth-order valence-corrected chi connectivity index (χ4v) is 2.73. The van der Waals surface area contributed by atoms with Crippen LogP contribution >= 0.6 is 11.6 Å². The molecule has 0 spiro atoms. The minimum atomic E-state index is -0.224. The van der Waals surface area contributed by atoms with Crippen molar-refractivity contribution in [2.24, 2.45) is 0 Å². The molecule has 3 rings (SSSR count). The Hall–Kier alpha value is -2.92. The van der Waals surface area contributed by atoms with Gasteiger partial charge in [-0.3, -0.25) is 9.89 Å². The van der Waals surface area contributed by atoms with Crippen LogP contribution in [0.15, 0.2) is 47.3 Å². The third-order valence-corrected chi connectivity index (χ3v) is 3.97. The van der Waals surface area contributed by atoms with Crippen molar-refractivity contribution >= 4 is 24.3 Å². The number of para-hydroxylation sites is 1. The summed E-state index contributed by atoms with van der Waals surface area (Å²) in [7, 11) is 0. The van der Waals surface area contributed by atoms with Gasteiger partial charge in [0, 0.05) is 0 Å². The molecule has 0 aliphatic heterocycles. The number of hydrogen-bond donors (Lipinski definition) is 2. The van der Waals surface area contributed by atoms with Crippen molar-refractivity contribution in [3.05, 3.63) is 74.0 Å². The van der Waals surface area contributed by atoms with Crippen LogP contribution in [0.1, 0.15) is 12.5 Å². The van der Waals surface area contributed by atoms with Gasteiger partial charge in [-0.1, -0.05) is 36.4 Å². The molecule has 2 N–H and O–H groups in total. The number of benzene rings is 2. The van der Waals surface area contributed by atoms with Crippen LogP contribution in [0.3, 0.4) is 0 Å². The lowest BCUT2D eigenvalue weighted by molar-refractivity contribution is 0.318. The Bertz CT molecular complexity index is 1070. The normalized spacial score (nSPS) is 11.7. The Morgan fingerprint density at radius 3 is 2.72 bits per heavy atom. The zero-order valence-electron chi connectivity index (χ0n) is 13.6. The number of phenols is 1. The molecular formula is C19H17ClN2O3. The minimum absolute atomic E-state index is 0.119. The van der Waals surface area contributed by atoms with E-state index in [0.717, 1.165) is 5.69 Å². The summed E-state index contributed by atoms with van der Waals surface area (Å²) in [6, 6.07) is 12.4. The molecule has 0 saturated heterocycles. The van der Waals surface area contributed by atoms with Crippen LogP contribution in [0.5, 0.6) is 11.5 Å². The second-order valence-electron chi connectivity index (χ2n) is 5.41. The number of aromatic hydroxyl groups is 1. The molecule has 0 bridgehead atoms. The number of aromatic amines is 1. The highest BCUT2D eigenvalue weighted by molar-refractivity contribution is 6.32. The fourth-order valence-electron chi connectivity index (χ4n) is 2.51. The van der Waals surface area contributed by atoms with Crippen LogP contribution in [0.2, 0.25) is 5.02 Å². The number of aromatic nitrogens is 2. The van der Waals surface area contributed by atoms with E-state index < -0.39 is 0 Å². The van der Waals surface area contributed by atoms with Gasteiger partial charge in [0.2, 0.25) is 0 Å². The maximum Gasteiger partial charge on any atom is 0.279 e. The topological polar surface area (TPSA) is 67.2 Å². The van der Waals surface area contributed by atoms with Crippen molar-refractivity contribution in [3.63, 3.8) is 0 Å². The smallest absolute Gasteiger partial charge is 0.279 e. The number of nitrogens with one attached hydrogen (secondary N) is 1. The summed E-state index contributed by atoms with van der Waals surface area (Å²) in [6.07, 6.45) is 1.66. The highest BCUT2D eigenvalue weighted by Crippen LogP contribution is 2.35. The Morgan fingerprint density at radius 2 is 2.04 bits per heavy atom. The van der Waals surface area contributed by atoms with Gasteiger partial charge < -0.3 is 9.84 Å². The molecule has 2 aromatic carbocycles. The quantitative estimate of drug-likeness (QED) is 0.752. The average Bonchev–Trinajstić information content (AvgIpc) is 2.88. The van der Waals surface area contributed by atoms with E-state index in [9.17, 15) is 9.90 Å². The lowest BCUT2D eigenvalue weighted by atomic mass is 10.1. The van der Waals surface area contributed by atoms with Gasteiger partial charge in [0.1, 0.15) is 0 Å². The number of hydrogen-bond acceptors (Lipinski definition) is 3. The largest absolute Gasteiger partial charge is 0.503 e. The zero-order valence-corrected chi connectivity index (χ0v) is 14.4. The second-order valence-corrected chi connectivity index (χ2v) is 5.81. The summed E-state index contributed by atoms with van der Waals surface area (Å²) < 4.78 is 6.80. The molecule has 0 aliphatic carbocycles. The molecule has 0 amide bonds. The Labute approximate surface area is 149 Å². The molecule has 0 saturated carbocycles. The molecule has 3 aromatic rings. The van der Waals surface area contributed by atoms with Gasteiger partial charge in [0.25, 0.3) is 5.56 Å². The Morgan fingerprint density at radius 1 is 1.32 bits per heavy atom. The number of rotatable bonds is 4. The van der Waals surface area contributed by atoms with Crippen LogP contribution in [0.4, 0.5) is 0 Å². The number of phenolic OH excluding ortho intramolecular Hbond substituents is 1. The average molecular weight is 357 g/mol. The van der Waals surface area contributed by atoms with Crippen LogP contribution in [-0.4, -0.2) is 21.5 Å². The van der Waals surface area contributed by atoms with Gasteiger partial charge in [-0.15, -0.1) is 0 Å². The van der Waals surface area contributed by atoms with Crippen molar-refractivity contribution < 1.29 is 9.84 Å². The van der Waals surface area contributed by atoms with Crippen molar-refractivity contribution in [3.8, 4) is 17.2 Å². The summed E-state index contributed by atoms with van der Waals surface area (Å²) in [6.45, 7) is 6.10. The Kier molecular flexibility index (Phi) is 4.67. The molecule has 1 aromatic heterocycles. The molecule has 0 fully saturated rings. The van der Waals surface area contributed by atoms with Crippen molar-refractivity contribution in [1.82, 2.24) is 9.78 Å². The Balaban J connectivity index is 2.17. The standard InChI is InChI=1S/C19H17ClN2O3/c1-3-25-17-11-13(10-16(20)18(17)23)9-15-12(2)21-22(19(15)24)14-7-5-4-6-8-14/h4-11,21,23H,2-3H2,1H3. The van der Waals surface area contributed by atoms with Crippen LogP contribution in [-0.2, 0) is 0 Å². The number of halogens is 1. The van der Waals surface area contributed by atoms with Crippen molar-refractivity contribution in [2.45, 2.75) is 6.92 Å². The van der Waals surface area contributed by atoms with E-state index in [0.29, 0.717) is 22.7 Å². The van der Waals surface area contributed by atoms with Gasteiger partial charge in [-0.25, -0.2) is 4.68 Å². The first-order valence-corrected chi connectivity index (χ1v) is 8.11. The van der Waals surface area contributed by atoms with E-state index in [1.54, 1.807) is 18.2 Å². The lowest BCUT2D eigenvalue weighted by Gasteiger charge is -2.08. The summed E-state index contributed by atoms with van der Waals surface area (Å²) in [5, 5.41) is 13.9. The van der Waals surface area contributed by atoms with E-state index >= 15 is 0 Å². The first kappa shape index (κ1) is 16.9. The fraction of sp³-hybridized carbons (Fsp3) is 0.105. The lowest BCUT2D eigenvalue weighted by Crippen LogP contribution is -2.33. The highest BCUT2D eigenvalue weighted by atomic mass is 35.5. The first-order valence-electron chi connectivity index (χ1n) is 7.73. The summed E-state index contributed by atoms with van der Waals surface area (Å²) >= 11 is 6.04. The van der Waals surface area contributed by atoms with Gasteiger partial charge >= 0.3 is 0 Å². The number of ether oxygens (including phenoxy) is 1. The van der Waals surface area contributed by atoms with E-state index in [2.05, 4.69) is 11.7 Å². The highest BCUT2D eigenvalue weighted by Gasteiger charge is 2.10. The maximum absolute atomic E-state index is 12.7. The predicted molar refractivity (Wildman–Crippen MR) is 99.0 cm³/mol. The third kappa shape index (κ3) is 3.32. The van der Waals surface area contributed by atoms with Crippen LogP contribution in [0.25, 0.3) is 18.3 Å². The SMILES string of the molecule is C=c1[nH]n(-c2ccccc2)c(=O)c1=Cc1cc(Cl)c(O)c(OCC)c1. The zero-order chi connectivity index (χ0) is 18.0. The van der Waals surface area contributed by atoms with E-state index in [4.69, 9.17) is 16.3 Å². The van der Waals surface area contributed by atoms with E-state index in [1.807, 2.05) is 37.3 Å². The molecule has 128 valence electrons. The van der Waals surface area contributed by atoms with E-state index in [-0.39, 0.29) is 22.1 Å². The molecular weight excluding hydrogens is 340 g/mol. The molecule has 0 radical (unpaired) electrons. The maximum atomic E-state index is 12.7. The van der Waals surface area contributed by atoms with Crippen LogP contribution < -0.4 is 20.9 Å². The predicted octanol–water partition coefficient (Wildman–Crippen LogP) is 2.16. The van der Waals surface area contributed by atoms with Crippen LogP contribution in [0, 0.1) is 0 Å². The van der Waals surface area contributed by atoms with Gasteiger partial charge in [0.15, 0.2) is 11.5 Å². The monoisotopic (exact) mass is 356 g/mol. The molecule has 25 heavy (non-hydrogen) atoms. The van der Waals surface area contributed by atoms with Crippen molar-refractivity contribution in [1.29, 1.82) is 0 Å². The van der Waals surface area contributed by atoms with Gasteiger partial charge in [-0.05, 0) is 42.8 Å². The van der Waals surface area contributed by atoms with Gasteiger partial charge in [0.05, 0.1) is 27.9 Å². The third-order valence-electron chi connectivity index (χ3n) is 3.68. The second kappa shape index (κ2) is 6.91. The molecule has 0 aliphatic rings. The molecule has 0 unspecified atom stereocenters. The number of H-pyrrole nitrogens is 1. The minimum Gasteiger partial charge on any atom is -0.503 e. The molecule has 1 heterocycles. The number of nitrogens with zero attached hydrogens (tertiary/aromatic N) is 1. The van der Waals surface area contributed by atoms with E-state index in [1.165, 1.54) is 4.68 Å². The molecule has 6 heteroatoms. The summed E-state index contributed by atoms with van der Waals surface area (Å²) in [5.74, 6) is 0.150. The van der Waals surface area contributed by atoms with Crippen molar-refractivity contribution in [2.75, 3.05) is 6.61 Å². The first-order chi connectivity index (χ1) is 12.0.